The number of carbonyl (C=O) groups excluding carboxylic acids is 1. The van der Waals surface area contributed by atoms with Crippen LogP contribution in [-0.2, 0) is 11.3 Å². The highest BCUT2D eigenvalue weighted by Crippen LogP contribution is 2.30. The van der Waals surface area contributed by atoms with Crippen molar-refractivity contribution >= 4 is 40.4 Å². The van der Waals surface area contributed by atoms with Gasteiger partial charge in [-0.15, -0.1) is 5.10 Å². The van der Waals surface area contributed by atoms with Crippen LogP contribution >= 0.6 is 11.8 Å². The molecular weight excluding hydrogens is 416 g/mol. The Morgan fingerprint density at radius 1 is 1.13 bits per heavy atom. The molecule has 1 N–H and O–H groups in total. The van der Waals surface area contributed by atoms with Gasteiger partial charge in [0.15, 0.2) is 5.17 Å². The molecule has 2 aliphatic rings. The molecule has 31 heavy (non-hydrogen) atoms. The smallest absolute Gasteiger partial charge is 0.293 e. The fraction of sp³-hybridized carbons (Fsp3) is 0.286. The largest absolute Gasteiger partial charge is 0.363 e. The molecule has 0 aromatic heterocycles. The lowest BCUT2D eigenvalue weighted by Gasteiger charge is -2.35. The van der Waals surface area contributed by atoms with Crippen molar-refractivity contribution in [3.8, 4) is 0 Å². The van der Waals surface area contributed by atoms with E-state index in [1.54, 1.807) is 12.1 Å². The van der Waals surface area contributed by atoms with Crippen LogP contribution in [0.1, 0.15) is 11.1 Å². The van der Waals surface area contributed by atoms with Crippen molar-refractivity contribution in [2.45, 2.75) is 6.54 Å². The number of carbonyl (C=O) groups is 1. The van der Waals surface area contributed by atoms with E-state index in [1.807, 2.05) is 18.2 Å². The van der Waals surface area contributed by atoms with Crippen LogP contribution in [0, 0.1) is 10.1 Å². The molecule has 2 fully saturated rings. The van der Waals surface area contributed by atoms with Crippen molar-refractivity contribution in [1.29, 1.82) is 0 Å². The molecule has 2 saturated heterocycles. The summed E-state index contributed by atoms with van der Waals surface area (Å²) in [4.78, 5) is 26.9. The number of rotatable bonds is 6. The lowest BCUT2D eigenvalue weighted by molar-refractivity contribution is -0.384. The number of nitrogens with zero attached hydrogens (tertiary/aromatic N) is 5. The van der Waals surface area contributed by atoms with E-state index in [0.29, 0.717) is 22.2 Å². The molecule has 2 aliphatic heterocycles. The first-order valence-electron chi connectivity index (χ1n) is 9.92. The molecule has 160 valence electrons. The van der Waals surface area contributed by atoms with Gasteiger partial charge in [-0.2, -0.15) is 5.10 Å². The Morgan fingerprint density at radius 2 is 1.90 bits per heavy atom. The van der Waals surface area contributed by atoms with Crippen LogP contribution < -0.4 is 10.2 Å². The molecule has 0 aliphatic carbocycles. The summed E-state index contributed by atoms with van der Waals surface area (Å²) in [5, 5.41) is 22.6. The Hall–Kier alpha value is -3.24. The number of nitrogens with one attached hydrogen (secondary N) is 1. The highest BCUT2D eigenvalue weighted by atomic mass is 32.2. The summed E-state index contributed by atoms with van der Waals surface area (Å²) >= 11 is 1.27. The summed E-state index contributed by atoms with van der Waals surface area (Å²) in [5.74, 6) is 0.218. The lowest BCUT2D eigenvalue weighted by Crippen LogP contribution is -2.46. The maximum absolute atomic E-state index is 11.7. The van der Waals surface area contributed by atoms with Gasteiger partial charge in [0.25, 0.3) is 5.69 Å². The molecule has 1 amide bonds. The maximum atomic E-state index is 11.7. The summed E-state index contributed by atoms with van der Waals surface area (Å²) in [6.45, 7) is 4.02. The number of nitro benzene ring substituents is 1. The van der Waals surface area contributed by atoms with Crippen LogP contribution in [0.15, 0.2) is 58.7 Å². The number of thioether (sulfide) groups is 1. The van der Waals surface area contributed by atoms with Gasteiger partial charge in [-0.1, -0.05) is 48.2 Å². The number of benzene rings is 2. The molecule has 2 aromatic rings. The van der Waals surface area contributed by atoms with Crippen molar-refractivity contribution in [1.82, 2.24) is 10.2 Å². The number of anilines is 1. The minimum atomic E-state index is -0.359. The molecule has 0 bridgehead atoms. The fourth-order valence-corrected chi connectivity index (χ4v) is 4.18. The van der Waals surface area contributed by atoms with Gasteiger partial charge in [0.2, 0.25) is 5.91 Å². The molecule has 10 heteroatoms. The molecule has 0 radical (unpaired) electrons. The molecule has 9 nitrogen and oxygen atoms in total. The van der Waals surface area contributed by atoms with Crippen LogP contribution in [0.25, 0.3) is 0 Å². The van der Waals surface area contributed by atoms with Gasteiger partial charge in [-0.3, -0.25) is 19.8 Å². The first-order valence-corrected chi connectivity index (χ1v) is 10.9. The Kier molecular flexibility index (Phi) is 6.58. The van der Waals surface area contributed by atoms with Crippen LogP contribution in [-0.4, -0.2) is 59.0 Å². The van der Waals surface area contributed by atoms with E-state index in [-0.39, 0.29) is 16.5 Å². The van der Waals surface area contributed by atoms with Crippen LogP contribution in [0.4, 0.5) is 11.4 Å². The van der Waals surface area contributed by atoms with Crippen LogP contribution in [0.3, 0.4) is 0 Å². The molecule has 0 spiro atoms. The zero-order valence-corrected chi connectivity index (χ0v) is 17.6. The van der Waals surface area contributed by atoms with E-state index in [1.165, 1.54) is 29.6 Å². The third-order valence-electron chi connectivity index (χ3n) is 5.10. The van der Waals surface area contributed by atoms with E-state index < -0.39 is 0 Å². The van der Waals surface area contributed by atoms with Gasteiger partial charge in [-0.25, -0.2) is 0 Å². The van der Waals surface area contributed by atoms with E-state index >= 15 is 0 Å². The van der Waals surface area contributed by atoms with Crippen LogP contribution in [0.2, 0.25) is 0 Å². The highest BCUT2D eigenvalue weighted by molar-refractivity contribution is 8.15. The zero-order chi connectivity index (χ0) is 21.6. The van der Waals surface area contributed by atoms with Gasteiger partial charge < -0.3 is 10.2 Å². The number of hydrogen-bond donors (Lipinski definition) is 1. The monoisotopic (exact) mass is 438 g/mol. The second-order valence-electron chi connectivity index (χ2n) is 7.24. The number of amides is 1. The van der Waals surface area contributed by atoms with E-state index in [9.17, 15) is 14.9 Å². The zero-order valence-electron chi connectivity index (χ0n) is 16.8. The Balaban J connectivity index is 1.41. The standard InChI is InChI=1S/C21H22N6O3S/c28-20-15-31-21(23-20)24-22-13-17-6-7-18(19(12-17)27(29)30)26-10-8-25(9-11-26)14-16-4-2-1-3-5-16/h1-7,12-13H,8-11,14-15H2,(H,23,24,28). The molecule has 0 saturated carbocycles. The Labute approximate surface area is 184 Å². The van der Waals surface area contributed by atoms with Crippen molar-refractivity contribution in [3.63, 3.8) is 0 Å². The molecular formula is C21H22N6O3S. The first kappa shape index (κ1) is 21.0. The third-order valence-corrected chi connectivity index (χ3v) is 5.96. The average Bonchev–Trinajstić information content (AvgIpc) is 3.20. The summed E-state index contributed by atoms with van der Waals surface area (Å²) in [5.41, 5.74) is 2.52. The van der Waals surface area contributed by atoms with Crippen molar-refractivity contribution < 1.29 is 9.72 Å². The third kappa shape index (κ3) is 5.47. The van der Waals surface area contributed by atoms with E-state index in [2.05, 4.69) is 37.5 Å². The Morgan fingerprint density at radius 3 is 2.58 bits per heavy atom. The predicted octanol–water partition coefficient (Wildman–Crippen LogP) is 2.47. The number of hydrogen-bond acceptors (Lipinski definition) is 8. The highest BCUT2D eigenvalue weighted by Gasteiger charge is 2.24. The minimum Gasteiger partial charge on any atom is -0.363 e. The number of piperazine rings is 1. The second kappa shape index (κ2) is 9.71. The van der Waals surface area contributed by atoms with Crippen molar-refractivity contribution in [3.05, 3.63) is 69.8 Å². The number of amidine groups is 1. The van der Waals surface area contributed by atoms with Gasteiger partial charge in [0.1, 0.15) is 5.69 Å². The average molecular weight is 439 g/mol. The SMILES string of the molecule is O=C1CSC(=NN=Cc2ccc(N3CCN(Cc4ccccc4)CC3)c([N+](=O)[O-])c2)N1. The van der Waals surface area contributed by atoms with Gasteiger partial charge in [0, 0.05) is 44.4 Å². The number of nitro groups is 1. The van der Waals surface area contributed by atoms with Crippen molar-refractivity contribution in [2.75, 3.05) is 36.8 Å². The molecule has 2 heterocycles. The second-order valence-corrected chi connectivity index (χ2v) is 8.20. The molecule has 0 unspecified atom stereocenters. The summed E-state index contributed by atoms with van der Waals surface area (Å²) in [7, 11) is 0. The predicted molar refractivity (Wildman–Crippen MR) is 123 cm³/mol. The molecule has 0 atom stereocenters. The van der Waals surface area contributed by atoms with Crippen molar-refractivity contribution in [2.24, 2.45) is 10.2 Å². The topological polar surface area (TPSA) is 103 Å². The minimum absolute atomic E-state index is 0.0525. The van der Waals surface area contributed by atoms with Gasteiger partial charge >= 0.3 is 0 Å². The summed E-state index contributed by atoms with van der Waals surface area (Å²) < 4.78 is 0. The van der Waals surface area contributed by atoms with Gasteiger partial charge in [0.05, 0.1) is 16.9 Å². The molecule has 4 rings (SSSR count). The normalized spacial score (nSPS) is 18.6. The lowest BCUT2D eigenvalue weighted by atomic mass is 10.1. The summed E-state index contributed by atoms with van der Waals surface area (Å²) in [6.07, 6.45) is 1.45. The van der Waals surface area contributed by atoms with Gasteiger partial charge in [-0.05, 0) is 11.6 Å². The fourth-order valence-electron chi connectivity index (χ4n) is 3.55. The van der Waals surface area contributed by atoms with Crippen LogP contribution in [0.5, 0.6) is 0 Å². The van der Waals surface area contributed by atoms with E-state index in [0.717, 1.165) is 32.7 Å². The molecule has 2 aromatic carbocycles. The maximum Gasteiger partial charge on any atom is 0.293 e. The summed E-state index contributed by atoms with van der Waals surface area (Å²) in [6, 6.07) is 15.4. The first-order chi connectivity index (χ1) is 15.1. The Bertz CT molecular complexity index is 1020. The quantitative estimate of drug-likeness (QED) is 0.422. The van der Waals surface area contributed by atoms with E-state index in [4.69, 9.17) is 0 Å².